The smallest absolute Gasteiger partial charge is 0.0860 e. The Labute approximate surface area is 95.0 Å². The van der Waals surface area contributed by atoms with E-state index < -0.39 is 0 Å². The van der Waals surface area contributed by atoms with Crippen LogP contribution in [-0.2, 0) is 13.6 Å². The van der Waals surface area contributed by atoms with Gasteiger partial charge in [0, 0.05) is 32.7 Å². The fraction of sp³-hybridized carbons (Fsp3) is 0.700. The normalized spacial score (nSPS) is 21.7. The highest BCUT2D eigenvalue weighted by molar-refractivity contribution is 6.31. The lowest BCUT2D eigenvalue weighted by atomic mass is 10.0. The van der Waals surface area contributed by atoms with Crippen molar-refractivity contribution in [3.05, 3.63) is 16.4 Å². The van der Waals surface area contributed by atoms with Gasteiger partial charge in [-0.05, 0) is 13.3 Å². The third-order valence-corrected chi connectivity index (χ3v) is 3.64. The maximum Gasteiger partial charge on any atom is 0.0860 e. The summed E-state index contributed by atoms with van der Waals surface area (Å²) in [4.78, 5) is 2.35. The molecule has 0 radical (unpaired) electrons. The van der Waals surface area contributed by atoms with E-state index >= 15 is 0 Å². The van der Waals surface area contributed by atoms with Gasteiger partial charge >= 0.3 is 0 Å². The lowest BCUT2D eigenvalue weighted by Crippen LogP contribution is -2.51. The molecule has 0 bridgehead atoms. The first-order valence-corrected chi connectivity index (χ1v) is 5.63. The number of aryl methyl sites for hydroxylation is 2. The molecule has 1 fully saturated rings. The van der Waals surface area contributed by atoms with Crippen LogP contribution in [0.25, 0.3) is 0 Å². The zero-order valence-corrected chi connectivity index (χ0v) is 9.96. The first kappa shape index (κ1) is 10.9. The first-order chi connectivity index (χ1) is 7.13. The Morgan fingerprint density at radius 3 is 2.73 bits per heavy atom. The van der Waals surface area contributed by atoms with Crippen LogP contribution in [0, 0.1) is 6.92 Å². The molecule has 0 amide bonds. The van der Waals surface area contributed by atoms with E-state index in [1.54, 1.807) is 0 Å². The predicted octanol–water partition coefficient (Wildman–Crippen LogP) is 0.915. The zero-order chi connectivity index (χ0) is 11.0. The summed E-state index contributed by atoms with van der Waals surface area (Å²) in [7, 11) is 1.94. The second-order valence-corrected chi connectivity index (χ2v) is 4.50. The van der Waals surface area contributed by atoms with E-state index in [-0.39, 0.29) is 0 Å². The minimum absolute atomic E-state index is 0.524. The van der Waals surface area contributed by atoms with E-state index in [0.717, 1.165) is 36.0 Å². The molecule has 1 saturated heterocycles. The lowest BCUT2D eigenvalue weighted by Gasteiger charge is -2.40. The van der Waals surface area contributed by atoms with Gasteiger partial charge in [0.15, 0.2) is 0 Å². The Kier molecular flexibility index (Phi) is 3.00. The maximum absolute atomic E-state index is 6.19. The summed E-state index contributed by atoms with van der Waals surface area (Å²) in [5, 5.41) is 5.09. The van der Waals surface area contributed by atoms with Crippen LogP contribution in [0.15, 0.2) is 0 Å². The summed E-state index contributed by atoms with van der Waals surface area (Å²) in [5.74, 6) is 0. The molecule has 0 aliphatic carbocycles. The summed E-state index contributed by atoms with van der Waals surface area (Å²) < 4.78 is 1.86. The third kappa shape index (κ3) is 1.89. The second-order valence-electron chi connectivity index (χ2n) is 4.12. The number of hydrogen-bond acceptors (Lipinski definition) is 3. The van der Waals surface area contributed by atoms with Crippen molar-refractivity contribution in [2.75, 3.05) is 13.1 Å². The largest absolute Gasteiger partial charge is 0.329 e. The minimum Gasteiger partial charge on any atom is -0.329 e. The van der Waals surface area contributed by atoms with E-state index in [1.165, 1.54) is 6.42 Å². The quantitative estimate of drug-likeness (QED) is 0.837. The molecule has 1 atom stereocenters. The Morgan fingerprint density at radius 1 is 1.60 bits per heavy atom. The Bertz CT molecular complexity index is 359. The average Bonchev–Trinajstić information content (AvgIpc) is 2.38. The number of halogens is 1. The monoisotopic (exact) mass is 228 g/mol. The Balaban J connectivity index is 2.10. The van der Waals surface area contributed by atoms with Crippen molar-refractivity contribution >= 4 is 11.6 Å². The number of hydrogen-bond donors (Lipinski definition) is 1. The van der Waals surface area contributed by atoms with Gasteiger partial charge in [-0.2, -0.15) is 5.10 Å². The van der Waals surface area contributed by atoms with E-state index in [0.29, 0.717) is 6.04 Å². The molecule has 1 aromatic rings. The average molecular weight is 229 g/mol. The molecule has 0 spiro atoms. The highest BCUT2D eigenvalue weighted by Crippen LogP contribution is 2.25. The second kappa shape index (κ2) is 4.12. The highest BCUT2D eigenvalue weighted by Gasteiger charge is 2.28. The molecular formula is C10H17ClN4. The molecule has 0 aromatic carbocycles. The highest BCUT2D eigenvalue weighted by atomic mass is 35.5. The molecule has 2 rings (SSSR count). The summed E-state index contributed by atoms with van der Waals surface area (Å²) in [6.07, 6.45) is 1.20. The molecule has 2 N–H and O–H groups in total. The van der Waals surface area contributed by atoms with Crippen molar-refractivity contribution in [3.63, 3.8) is 0 Å². The number of nitrogens with zero attached hydrogens (tertiary/aromatic N) is 3. The number of aromatic nitrogens is 2. The van der Waals surface area contributed by atoms with Gasteiger partial charge in [0.05, 0.1) is 16.4 Å². The maximum atomic E-state index is 6.19. The van der Waals surface area contributed by atoms with E-state index in [2.05, 4.69) is 10.00 Å². The zero-order valence-electron chi connectivity index (χ0n) is 9.20. The third-order valence-electron chi connectivity index (χ3n) is 3.15. The van der Waals surface area contributed by atoms with Crippen molar-refractivity contribution in [3.8, 4) is 0 Å². The van der Waals surface area contributed by atoms with Crippen LogP contribution in [-0.4, -0.2) is 33.8 Å². The molecule has 2 heterocycles. The van der Waals surface area contributed by atoms with Crippen LogP contribution >= 0.6 is 11.6 Å². The van der Waals surface area contributed by atoms with Gasteiger partial charge in [0.2, 0.25) is 0 Å². The van der Waals surface area contributed by atoms with Crippen LogP contribution in [0.1, 0.15) is 17.8 Å². The van der Waals surface area contributed by atoms with Gasteiger partial charge in [-0.15, -0.1) is 0 Å². The number of likely N-dealkylation sites (tertiary alicyclic amines) is 1. The minimum atomic E-state index is 0.524. The van der Waals surface area contributed by atoms with Gasteiger partial charge in [0.1, 0.15) is 0 Å². The van der Waals surface area contributed by atoms with Crippen LogP contribution in [0.3, 0.4) is 0 Å². The topological polar surface area (TPSA) is 47.1 Å². The summed E-state index contributed by atoms with van der Waals surface area (Å²) in [6, 6.07) is 0.524. The van der Waals surface area contributed by atoms with Gasteiger partial charge in [-0.1, -0.05) is 11.6 Å². The number of nitrogens with two attached hydrogens (primary N) is 1. The molecule has 84 valence electrons. The Hall–Kier alpha value is -0.580. The van der Waals surface area contributed by atoms with E-state index in [9.17, 15) is 0 Å². The van der Waals surface area contributed by atoms with Crippen molar-refractivity contribution in [1.82, 2.24) is 14.7 Å². The van der Waals surface area contributed by atoms with Crippen molar-refractivity contribution in [2.45, 2.75) is 25.9 Å². The van der Waals surface area contributed by atoms with E-state index in [1.807, 2.05) is 18.7 Å². The van der Waals surface area contributed by atoms with E-state index in [4.69, 9.17) is 17.3 Å². The lowest BCUT2D eigenvalue weighted by molar-refractivity contribution is 0.0853. The van der Waals surface area contributed by atoms with Gasteiger partial charge < -0.3 is 5.73 Å². The first-order valence-electron chi connectivity index (χ1n) is 5.25. The summed E-state index contributed by atoms with van der Waals surface area (Å²) in [5.41, 5.74) is 7.65. The number of rotatable bonds is 3. The van der Waals surface area contributed by atoms with Crippen LogP contribution in [0.4, 0.5) is 0 Å². The predicted molar refractivity (Wildman–Crippen MR) is 60.8 cm³/mol. The standard InChI is InChI=1S/C10H17ClN4/c1-7-10(11)9(14(2)13-7)6-15-4-3-8(15)5-12/h8H,3-6,12H2,1-2H3. The van der Waals surface area contributed by atoms with Crippen molar-refractivity contribution in [2.24, 2.45) is 12.8 Å². The van der Waals surface area contributed by atoms with Crippen LogP contribution in [0.5, 0.6) is 0 Å². The molecule has 1 aliphatic heterocycles. The fourth-order valence-corrected chi connectivity index (χ4v) is 2.23. The van der Waals surface area contributed by atoms with Crippen molar-refractivity contribution in [1.29, 1.82) is 0 Å². The molecule has 5 heteroatoms. The molecule has 1 aromatic heterocycles. The van der Waals surface area contributed by atoms with Gasteiger partial charge in [-0.3, -0.25) is 9.58 Å². The summed E-state index contributed by atoms with van der Waals surface area (Å²) in [6.45, 7) is 4.64. The molecule has 15 heavy (non-hydrogen) atoms. The van der Waals surface area contributed by atoms with Crippen LogP contribution in [0.2, 0.25) is 5.02 Å². The molecule has 0 saturated carbocycles. The molecule has 1 aliphatic rings. The Morgan fingerprint density at radius 2 is 2.33 bits per heavy atom. The van der Waals surface area contributed by atoms with Crippen LogP contribution < -0.4 is 5.73 Å². The molecule has 4 nitrogen and oxygen atoms in total. The van der Waals surface area contributed by atoms with Gasteiger partial charge in [0.25, 0.3) is 0 Å². The molecular weight excluding hydrogens is 212 g/mol. The fourth-order valence-electron chi connectivity index (χ4n) is 2.01. The van der Waals surface area contributed by atoms with Crippen molar-refractivity contribution < 1.29 is 0 Å². The molecule has 1 unspecified atom stereocenters. The SMILES string of the molecule is Cc1nn(C)c(CN2CCC2CN)c1Cl. The summed E-state index contributed by atoms with van der Waals surface area (Å²) >= 11 is 6.19. The van der Waals surface area contributed by atoms with Gasteiger partial charge in [-0.25, -0.2) is 0 Å².